The van der Waals surface area contributed by atoms with E-state index in [0.29, 0.717) is 0 Å². The van der Waals surface area contributed by atoms with Gasteiger partial charge in [-0.1, -0.05) is 82.9 Å². The minimum atomic E-state index is -3.92. The summed E-state index contributed by atoms with van der Waals surface area (Å²) in [6, 6.07) is 10.7. The fourth-order valence-electron chi connectivity index (χ4n) is 2.05. The molecule has 0 saturated carbocycles. The molecule has 0 nitrogen and oxygen atoms in total. The first kappa shape index (κ1) is 18.8. The van der Waals surface area contributed by atoms with Crippen LogP contribution in [-0.4, -0.2) is 5.13 Å². The summed E-state index contributed by atoms with van der Waals surface area (Å²) in [7, 11) is 0. The molecule has 0 bridgehead atoms. The van der Waals surface area contributed by atoms with Crippen LogP contribution in [0.1, 0.15) is 22.3 Å². The quantitative estimate of drug-likeness (QED) is 0.403. The van der Waals surface area contributed by atoms with Crippen molar-refractivity contribution in [3.63, 3.8) is 0 Å². The molecule has 0 fully saturated rings. The summed E-state index contributed by atoms with van der Waals surface area (Å²) < 4.78 is 57.9. The van der Waals surface area contributed by atoms with Crippen molar-refractivity contribution in [2.75, 3.05) is 0 Å². The van der Waals surface area contributed by atoms with E-state index in [1.54, 1.807) is 13.8 Å². The van der Waals surface area contributed by atoms with Crippen molar-refractivity contribution < 1.29 is 17.6 Å². The van der Waals surface area contributed by atoms with Gasteiger partial charge in [-0.3, -0.25) is 0 Å². The summed E-state index contributed by atoms with van der Waals surface area (Å²) in [6.45, 7) is 3.46. The van der Waals surface area contributed by atoms with Gasteiger partial charge < -0.3 is 0 Å². The molecular formula is C18H14Cl2F4. The van der Waals surface area contributed by atoms with Crippen LogP contribution in [0.25, 0.3) is 5.83 Å². The van der Waals surface area contributed by atoms with Crippen LogP contribution in [0.3, 0.4) is 0 Å². The first-order valence-corrected chi connectivity index (χ1v) is 7.78. The highest BCUT2D eigenvalue weighted by atomic mass is 35.5. The lowest BCUT2D eigenvalue weighted by Crippen LogP contribution is -2.37. The molecule has 2 rings (SSSR count). The Kier molecular flexibility index (Phi) is 5.31. The second-order valence-corrected chi connectivity index (χ2v) is 6.55. The first-order valence-electron chi connectivity index (χ1n) is 7.03. The van der Waals surface area contributed by atoms with Crippen molar-refractivity contribution >= 4 is 29.0 Å². The molecular weight excluding hydrogens is 363 g/mol. The number of aryl methyl sites for hydroxylation is 2. The van der Waals surface area contributed by atoms with E-state index >= 15 is 0 Å². The van der Waals surface area contributed by atoms with Crippen molar-refractivity contribution in [3.8, 4) is 0 Å². The van der Waals surface area contributed by atoms with E-state index in [1.165, 1.54) is 36.4 Å². The maximum Gasteiger partial charge on any atom is 0.289 e. The van der Waals surface area contributed by atoms with Gasteiger partial charge in [0.2, 0.25) is 0 Å². The molecule has 0 radical (unpaired) electrons. The average molecular weight is 377 g/mol. The van der Waals surface area contributed by atoms with Crippen LogP contribution in [-0.2, 0) is 5.13 Å². The number of alkyl halides is 4. The van der Waals surface area contributed by atoms with Crippen LogP contribution in [0, 0.1) is 13.8 Å². The lowest BCUT2D eigenvalue weighted by Gasteiger charge is -2.29. The van der Waals surface area contributed by atoms with E-state index in [0.717, 1.165) is 23.3 Å². The van der Waals surface area contributed by atoms with E-state index < -0.39 is 27.5 Å². The third-order valence-electron chi connectivity index (χ3n) is 3.58. The molecule has 24 heavy (non-hydrogen) atoms. The fourth-order valence-corrected chi connectivity index (χ4v) is 2.45. The van der Waals surface area contributed by atoms with Gasteiger partial charge in [0.25, 0.3) is 10.3 Å². The second kappa shape index (κ2) is 6.77. The van der Waals surface area contributed by atoms with Crippen molar-refractivity contribution in [1.82, 2.24) is 0 Å². The summed E-state index contributed by atoms with van der Waals surface area (Å²) in [5.41, 5.74) is 0.865. The molecule has 0 heterocycles. The molecule has 0 spiro atoms. The van der Waals surface area contributed by atoms with Gasteiger partial charge in [0, 0.05) is 11.1 Å². The van der Waals surface area contributed by atoms with Gasteiger partial charge in [-0.15, -0.1) is 0 Å². The Labute approximate surface area is 147 Å². The van der Waals surface area contributed by atoms with Gasteiger partial charge in [-0.2, -0.15) is 0 Å². The van der Waals surface area contributed by atoms with Crippen LogP contribution in [0.4, 0.5) is 17.6 Å². The normalized spacial score (nSPS) is 17.7. The van der Waals surface area contributed by atoms with Crippen LogP contribution < -0.4 is 0 Å². The number of halogens is 6. The van der Waals surface area contributed by atoms with Gasteiger partial charge in [0.15, 0.2) is 11.7 Å². The fraction of sp³-hybridized carbons (Fsp3) is 0.222. The Bertz CT molecular complexity index is 748. The highest BCUT2D eigenvalue weighted by Crippen LogP contribution is 2.52. The van der Waals surface area contributed by atoms with E-state index in [1.807, 2.05) is 0 Å². The monoisotopic (exact) mass is 376 g/mol. The van der Waals surface area contributed by atoms with Crippen molar-refractivity contribution in [2.24, 2.45) is 0 Å². The van der Waals surface area contributed by atoms with E-state index in [-0.39, 0.29) is 5.56 Å². The lowest BCUT2D eigenvalue weighted by molar-refractivity contribution is 0.0993. The summed E-state index contributed by atoms with van der Waals surface area (Å²) in [4.78, 5) is 0. The van der Waals surface area contributed by atoms with E-state index in [2.05, 4.69) is 0 Å². The Morgan fingerprint density at radius 2 is 1.21 bits per heavy atom. The first-order chi connectivity index (χ1) is 11.1. The highest BCUT2D eigenvalue weighted by Gasteiger charge is 2.57. The zero-order valence-electron chi connectivity index (χ0n) is 12.9. The van der Waals surface area contributed by atoms with Crippen molar-refractivity contribution in [2.45, 2.75) is 24.1 Å². The van der Waals surface area contributed by atoms with Crippen LogP contribution in [0.2, 0.25) is 0 Å². The zero-order valence-corrected chi connectivity index (χ0v) is 14.4. The molecule has 0 aliphatic heterocycles. The van der Waals surface area contributed by atoms with Crippen LogP contribution >= 0.6 is 23.2 Å². The third-order valence-corrected chi connectivity index (χ3v) is 4.58. The summed E-state index contributed by atoms with van der Waals surface area (Å²) in [6.07, 6.45) is 0. The van der Waals surface area contributed by atoms with E-state index in [9.17, 15) is 17.6 Å². The molecule has 2 atom stereocenters. The third kappa shape index (κ3) is 3.45. The molecule has 6 heteroatoms. The van der Waals surface area contributed by atoms with Crippen LogP contribution in [0.15, 0.2) is 54.4 Å². The minimum absolute atomic E-state index is 0.267. The predicted octanol–water partition coefficient (Wildman–Crippen LogP) is 6.88. The number of rotatable bonds is 4. The molecule has 2 aromatic rings. The summed E-state index contributed by atoms with van der Waals surface area (Å²) in [5.74, 6) is -3.73. The number of allylic oxidation sites excluding steroid dienone is 1. The molecule has 0 aromatic heterocycles. The standard InChI is InChI=1S/C18H14Cl2F4/c1-11-3-7-13(8-4-11)15(21)16(22)18(20,24)17(19,23)14-9-5-12(2)6-10-14/h3-10H,1-2H3/b16-15+. The molecule has 2 unspecified atom stereocenters. The largest absolute Gasteiger partial charge is 0.289 e. The predicted molar refractivity (Wildman–Crippen MR) is 89.8 cm³/mol. The average Bonchev–Trinajstić information content (AvgIpc) is 2.54. The molecule has 0 aliphatic carbocycles. The number of benzene rings is 2. The topological polar surface area (TPSA) is 0 Å². The van der Waals surface area contributed by atoms with Crippen molar-refractivity contribution in [3.05, 3.63) is 76.6 Å². The zero-order chi connectivity index (χ0) is 18.1. The van der Waals surface area contributed by atoms with Crippen LogP contribution in [0.5, 0.6) is 0 Å². The number of hydrogen-bond donors (Lipinski definition) is 0. The van der Waals surface area contributed by atoms with Gasteiger partial charge in [0.05, 0.1) is 0 Å². The second-order valence-electron chi connectivity index (χ2n) is 5.51. The van der Waals surface area contributed by atoms with Gasteiger partial charge in [0.1, 0.15) is 0 Å². The molecule has 2 aromatic carbocycles. The Morgan fingerprint density at radius 1 is 0.792 bits per heavy atom. The molecule has 0 saturated heterocycles. The molecule has 128 valence electrons. The summed E-state index contributed by atoms with van der Waals surface area (Å²) in [5, 5.41) is -7.41. The van der Waals surface area contributed by atoms with Gasteiger partial charge in [-0.25, -0.2) is 17.6 Å². The maximum absolute atomic E-state index is 14.7. The van der Waals surface area contributed by atoms with Gasteiger partial charge >= 0.3 is 0 Å². The highest BCUT2D eigenvalue weighted by molar-refractivity contribution is 6.34. The Morgan fingerprint density at radius 3 is 1.67 bits per heavy atom. The Hall–Kier alpha value is -1.52. The SMILES string of the molecule is Cc1ccc(/C(F)=C(\F)C(F)(Cl)C(F)(Cl)c2ccc(C)cc2)cc1. The van der Waals surface area contributed by atoms with Gasteiger partial charge in [-0.05, 0) is 13.8 Å². The lowest BCUT2D eigenvalue weighted by atomic mass is 10.0. The Balaban J connectivity index is 2.48. The van der Waals surface area contributed by atoms with Crippen molar-refractivity contribution in [1.29, 1.82) is 0 Å². The molecule has 0 aliphatic rings. The summed E-state index contributed by atoms with van der Waals surface area (Å²) >= 11 is 10.9. The maximum atomic E-state index is 14.7. The van der Waals surface area contributed by atoms with E-state index in [4.69, 9.17) is 23.2 Å². The molecule has 0 amide bonds. The molecule has 0 N–H and O–H groups in total. The smallest absolute Gasteiger partial charge is 0.215 e. The minimum Gasteiger partial charge on any atom is -0.215 e. The number of hydrogen-bond acceptors (Lipinski definition) is 0.